The van der Waals surface area contributed by atoms with Gasteiger partial charge in [0.25, 0.3) is 5.91 Å². The SMILES string of the molecule is CC1(C)CCN/C(=N\C(=O)c2c(O)ccc(C#N)c2-c2ccccc2)N1. The number of aromatic hydroxyl groups is 1. The fourth-order valence-electron chi connectivity index (χ4n) is 2.95. The summed E-state index contributed by atoms with van der Waals surface area (Å²) >= 11 is 0. The summed E-state index contributed by atoms with van der Waals surface area (Å²) in [5, 5.41) is 26.0. The first-order valence-corrected chi connectivity index (χ1v) is 8.38. The van der Waals surface area contributed by atoms with E-state index in [2.05, 4.69) is 21.7 Å². The van der Waals surface area contributed by atoms with Crippen molar-refractivity contribution >= 4 is 11.9 Å². The highest BCUT2D eigenvalue weighted by molar-refractivity contribution is 6.09. The van der Waals surface area contributed by atoms with Crippen molar-refractivity contribution in [3.8, 4) is 22.9 Å². The molecule has 1 amide bonds. The minimum absolute atomic E-state index is 0.0229. The van der Waals surface area contributed by atoms with E-state index >= 15 is 0 Å². The fourth-order valence-corrected chi connectivity index (χ4v) is 2.95. The summed E-state index contributed by atoms with van der Waals surface area (Å²) in [5.41, 5.74) is 1.21. The molecule has 0 bridgehead atoms. The van der Waals surface area contributed by atoms with Gasteiger partial charge in [-0.3, -0.25) is 4.79 Å². The number of benzene rings is 2. The first kappa shape index (κ1) is 17.5. The third kappa shape index (κ3) is 3.52. The number of carbonyl (C=O) groups is 1. The number of guanidine groups is 1. The van der Waals surface area contributed by atoms with Crippen LogP contribution in [-0.2, 0) is 0 Å². The normalized spacial score (nSPS) is 17.0. The average molecular weight is 348 g/mol. The van der Waals surface area contributed by atoms with Crippen LogP contribution in [0, 0.1) is 11.3 Å². The molecule has 132 valence electrons. The Kier molecular flexibility index (Phi) is 4.63. The van der Waals surface area contributed by atoms with Gasteiger partial charge in [0, 0.05) is 17.6 Å². The topological polar surface area (TPSA) is 97.5 Å². The van der Waals surface area contributed by atoms with E-state index in [4.69, 9.17) is 0 Å². The molecule has 6 heteroatoms. The molecule has 1 aliphatic heterocycles. The molecule has 1 saturated heterocycles. The number of aliphatic imine (C=N–C) groups is 1. The van der Waals surface area contributed by atoms with Crippen molar-refractivity contribution in [1.82, 2.24) is 10.6 Å². The Bertz CT molecular complexity index is 911. The van der Waals surface area contributed by atoms with Gasteiger partial charge in [-0.2, -0.15) is 10.3 Å². The van der Waals surface area contributed by atoms with Crippen LogP contribution in [0.4, 0.5) is 0 Å². The molecule has 3 rings (SSSR count). The van der Waals surface area contributed by atoms with E-state index in [0.29, 0.717) is 29.2 Å². The number of hydrogen-bond donors (Lipinski definition) is 3. The zero-order chi connectivity index (χ0) is 18.7. The van der Waals surface area contributed by atoms with Gasteiger partial charge in [-0.15, -0.1) is 0 Å². The molecule has 0 aliphatic carbocycles. The van der Waals surface area contributed by atoms with Crippen molar-refractivity contribution in [3.05, 3.63) is 53.6 Å². The third-order valence-corrected chi connectivity index (χ3v) is 4.29. The third-order valence-electron chi connectivity index (χ3n) is 4.29. The molecule has 0 radical (unpaired) electrons. The second kappa shape index (κ2) is 6.89. The number of phenolic OH excluding ortho intramolecular Hbond substituents is 1. The number of phenols is 1. The van der Waals surface area contributed by atoms with E-state index in [1.165, 1.54) is 12.1 Å². The number of rotatable bonds is 2. The Balaban J connectivity index is 2.10. The molecule has 0 atom stereocenters. The average Bonchev–Trinajstić information content (AvgIpc) is 2.61. The Hall–Kier alpha value is -3.33. The van der Waals surface area contributed by atoms with Crippen LogP contribution in [0.3, 0.4) is 0 Å². The number of nitriles is 1. The standard InChI is InChI=1S/C20H20N4O2/c1-20(2)10-11-22-19(24-20)23-18(26)17-15(25)9-8-14(12-21)16(17)13-6-4-3-5-7-13/h3-9,25H,10-11H2,1-2H3,(H2,22,23,24,26). The molecule has 2 aromatic carbocycles. The lowest BCUT2D eigenvalue weighted by Gasteiger charge is -2.33. The number of amides is 1. The number of hydrogen-bond acceptors (Lipinski definition) is 3. The Morgan fingerprint density at radius 3 is 2.62 bits per heavy atom. The smallest absolute Gasteiger partial charge is 0.284 e. The largest absolute Gasteiger partial charge is 0.507 e. The maximum atomic E-state index is 12.9. The quantitative estimate of drug-likeness (QED) is 0.775. The Labute approximate surface area is 152 Å². The van der Waals surface area contributed by atoms with E-state index in [1.807, 2.05) is 32.0 Å². The predicted octanol–water partition coefficient (Wildman–Crippen LogP) is 2.79. The number of nitrogens with one attached hydrogen (secondary N) is 2. The molecule has 0 saturated carbocycles. The molecule has 1 heterocycles. The van der Waals surface area contributed by atoms with E-state index in [1.54, 1.807) is 12.1 Å². The van der Waals surface area contributed by atoms with Crippen LogP contribution in [0.25, 0.3) is 11.1 Å². The molecule has 3 N–H and O–H groups in total. The molecule has 1 fully saturated rings. The van der Waals surface area contributed by atoms with Gasteiger partial charge in [0.1, 0.15) is 5.75 Å². The lowest BCUT2D eigenvalue weighted by atomic mass is 9.93. The minimum atomic E-state index is -0.605. The summed E-state index contributed by atoms with van der Waals surface area (Å²) < 4.78 is 0. The van der Waals surface area contributed by atoms with Crippen molar-refractivity contribution in [3.63, 3.8) is 0 Å². The van der Waals surface area contributed by atoms with Crippen LogP contribution in [0.5, 0.6) is 5.75 Å². The van der Waals surface area contributed by atoms with Crippen LogP contribution in [0.1, 0.15) is 36.2 Å². The summed E-state index contributed by atoms with van der Waals surface area (Å²) in [7, 11) is 0. The predicted molar refractivity (Wildman–Crippen MR) is 99.9 cm³/mol. The van der Waals surface area contributed by atoms with Gasteiger partial charge in [0.2, 0.25) is 0 Å². The molecule has 0 aromatic heterocycles. The van der Waals surface area contributed by atoms with Crippen molar-refractivity contribution in [1.29, 1.82) is 5.26 Å². The molecule has 26 heavy (non-hydrogen) atoms. The molecule has 2 aromatic rings. The van der Waals surface area contributed by atoms with E-state index in [-0.39, 0.29) is 16.9 Å². The Morgan fingerprint density at radius 1 is 1.23 bits per heavy atom. The zero-order valence-corrected chi connectivity index (χ0v) is 14.7. The molecular formula is C20H20N4O2. The highest BCUT2D eigenvalue weighted by Crippen LogP contribution is 2.34. The highest BCUT2D eigenvalue weighted by atomic mass is 16.3. The van der Waals surface area contributed by atoms with Crippen molar-refractivity contribution in [2.45, 2.75) is 25.8 Å². The van der Waals surface area contributed by atoms with Crippen LogP contribution >= 0.6 is 0 Å². The lowest BCUT2D eigenvalue weighted by molar-refractivity contribution is 0.0999. The summed E-state index contributed by atoms with van der Waals surface area (Å²) in [6.45, 7) is 4.75. The maximum absolute atomic E-state index is 12.9. The van der Waals surface area contributed by atoms with Gasteiger partial charge in [0.05, 0.1) is 17.2 Å². The first-order chi connectivity index (χ1) is 12.4. The van der Waals surface area contributed by atoms with Crippen LogP contribution in [0.2, 0.25) is 0 Å². The fraction of sp³-hybridized carbons (Fsp3) is 0.250. The monoisotopic (exact) mass is 348 g/mol. The Morgan fingerprint density at radius 2 is 1.96 bits per heavy atom. The van der Waals surface area contributed by atoms with E-state index < -0.39 is 5.91 Å². The van der Waals surface area contributed by atoms with Crippen LogP contribution in [0.15, 0.2) is 47.5 Å². The first-order valence-electron chi connectivity index (χ1n) is 8.38. The van der Waals surface area contributed by atoms with Crippen LogP contribution in [-0.4, -0.2) is 29.1 Å². The van der Waals surface area contributed by atoms with Gasteiger partial charge in [0.15, 0.2) is 5.96 Å². The van der Waals surface area contributed by atoms with Crippen LogP contribution < -0.4 is 10.6 Å². The van der Waals surface area contributed by atoms with E-state index in [0.717, 1.165) is 6.42 Å². The van der Waals surface area contributed by atoms with Gasteiger partial charge >= 0.3 is 0 Å². The summed E-state index contributed by atoms with van der Waals surface area (Å²) in [5.74, 6) is -0.439. The number of nitrogens with zero attached hydrogens (tertiary/aromatic N) is 2. The zero-order valence-electron chi connectivity index (χ0n) is 14.7. The molecule has 1 aliphatic rings. The van der Waals surface area contributed by atoms with E-state index in [9.17, 15) is 15.2 Å². The van der Waals surface area contributed by atoms with Gasteiger partial charge in [-0.25, -0.2) is 0 Å². The maximum Gasteiger partial charge on any atom is 0.284 e. The number of carbonyl (C=O) groups excluding carboxylic acids is 1. The van der Waals surface area contributed by atoms with Gasteiger partial charge in [-0.1, -0.05) is 30.3 Å². The van der Waals surface area contributed by atoms with Gasteiger partial charge < -0.3 is 15.7 Å². The second-order valence-electron chi connectivity index (χ2n) is 6.81. The minimum Gasteiger partial charge on any atom is -0.507 e. The summed E-state index contributed by atoms with van der Waals surface area (Å²) in [6.07, 6.45) is 0.893. The molecule has 6 nitrogen and oxygen atoms in total. The van der Waals surface area contributed by atoms with Crippen molar-refractivity contribution in [2.24, 2.45) is 4.99 Å². The molecule has 0 unspecified atom stereocenters. The molecule has 0 spiro atoms. The summed E-state index contributed by atoms with van der Waals surface area (Å²) in [4.78, 5) is 17.0. The van der Waals surface area contributed by atoms with Gasteiger partial charge in [-0.05, 0) is 38.0 Å². The van der Waals surface area contributed by atoms with Crippen molar-refractivity contribution < 1.29 is 9.90 Å². The lowest BCUT2D eigenvalue weighted by Crippen LogP contribution is -2.56. The highest BCUT2D eigenvalue weighted by Gasteiger charge is 2.26. The molecular weight excluding hydrogens is 328 g/mol. The van der Waals surface area contributed by atoms with Crippen molar-refractivity contribution in [2.75, 3.05) is 6.54 Å². The second-order valence-corrected chi connectivity index (χ2v) is 6.81. The summed E-state index contributed by atoms with van der Waals surface area (Å²) in [6, 6.07) is 14.0.